The Bertz CT molecular complexity index is 229. The third-order valence-electron chi connectivity index (χ3n) is 1.30. The van der Waals surface area contributed by atoms with E-state index in [1.54, 1.807) is 6.20 Å². The molecule has 2 heteroatoms. The van der Waals surface area contributed by atoms with E-state index in [4.69, 9.17) is 0 Å². The second-order valence-electron chi connectivity index (χ2n) is 2.45. The lowest BCUT2D eigenvalue weighted by atomic mass is 10.3. The minimum absolute atomic E-state index is 0.760. The van der Waals surface area contributed by atoms with Crippen LogP contribution in [0.15, 0.2) is 36.7 Å². The molecule has 1 N–H and O–H groups in total. The summed E-state index contributed by atoms with van der Waals surface area (Å²) in [6.45, 7) is 6.42. The highest BCUT2D eigenvalue weighted by Crippen LogP contribution is 1.93. The first kappa shape index (κ1) is 7.79. The summed E-state index contributed by atoms with van der Waals surface area (Å²) in [5.74, 6) is 0. The fourth-order valence-corrected chi connectivity index (χ4v) is 0.744. The van der Waals surface area contributed by atoms with Gasteiger partial charge in [-0.2, -0.15) is 0 Å². The summed E-state index contributed by atoms with van der Waals surface area (Å²) in [4.78, 5) is 4.15. The van der Waals surface area contributed by atoms with E-state index in [0.29, 0.717) is 0 Å². The fraction of sp³-hybridized carbons (Fsp3) is 0.222. The molecule has 0 aliphatic carbocycles. The van der Waals surface area contributed by atoms with Gasteiger partial charge in [0.05, 0.1) is 12.2 Å². The zero-order valence-electron chi connectivity index (χ0n) is 6.67. The van der Waals surface area contributed by atoms with E-state index in [-0.39, 0.29) is 0 Å². The molecule has 0 unspecified atom stereocenters. The van der Waals surface area contributed by atoms with E-state index < -0.39 is 0 Å². The topological polar surface area (TPSA) is 24.9 Å². The van der Waals surface area contributed by atoms with Crippen molar-refractivity contribution >= 4 is 0 Å². The summed E-state index contributed by atoms with van der Waals surface area (Å²) < 4.78 is 0. The first-order chi connectivity index (χ1) is 5.29. The van der Waals surface area contributed by atoms with Crippen LogP contribution in [0.1, 0.15) is 12.6 Å². The van der Waals surface area contributed by atoms with Gasteiger partial charge in [-0.1, -0.05) is 12.6 Å². The van der Waals surface area contributed by atoms with Crippen LogP contribution in [0.25, 0.3) is 0 Å². The van der Waals surface area contributed by atoms with Gasteiger partial charge in [0, 0.05) is 11.9 Å². The van der Waals surface area contributed by atoms with Gasteiger partial charge < -0.3 is 5.32 Å². The summed E-state index contributed by atoms with van der Waals surface area (Å²) in [6.07, 6.45) is 1.79. The molecule has 0 atom stereocenters. The Labute approximate surface area is 67.0 Å². The molecule has 0 saturated carbocycles. The molecule has 1 aromatic rings. The first-order valence-corrected chi connectivity index (χ1v) is 3.58. The molecule has 0 fully saturated rings. The lowest BCUT2D eigenvalue weighted by Crippen LogP contribution is -2.10. The molecular formula is C9H12N2. The number of allylic oxidation sites excluding steroid dienone is 1. The van der Waals surface area contributed by atoms with Crippen molar-refractivity contribution in [2.75, 3.05) is 0 Å². The maximum absolute atomic E-state index is 4.15. The van der Waals surface area contributed by atoms with Crippen molar-refractivity contribution in [3.05, 3.63) is 42.4 Å². The van der Waals surface area contributed by atoms with Crippen LogP contribution in [0.5, 0.6) is 0 Å². The second kappa shape index (κ2) is 3.76. The zero-order chi connectivity index (χ0) is 8.10. The summed E-state index contributed by atoms with van der Waals surface area (Å²) in [7, 11) is 0. The van der Waals surface area contributed by atoms with E-state index in [2.05, 4.69) is 16.9 Å². The Morgan fingerprint density at radius 1 is 1.64 bits per heavy atom. The highest BCUT2D eigenvalue weighted by Gasteiger charge is 1.89. The molecule has 0 bridgehead atoms. The maximum atomic E-state index is 4.15. The van der Waals surface area contributed by atoms with Gasteiger partial charge in [-0.05, 0) is 19.1 Å². The zero-order valence-corrected chi connectivity index (χ0v) is 6.67. The molecule has 0 aliphatic rings. The molecular weight excluding hydrogens is 136 g/mol. The van der Waals surface area contributed by atoms with Crippen LogP contribution in [-0.4, -0.2) is 4.98 Å². The van der Waals surface area contributed by atoms with Gasteiger partial charge in [0.2, 0.25) is 0 Å². The van der Waals surface area contributed by atoms with Crippen molar-refractivity contribution in [2.45, 2.75) is 13.5 Å². The molecule has 1 rings (SSSR count). The van der Waals surface area contributed by atoms with Crippen LogP contribution >= 0.6 is 0 Å². The van der Waals surface area contributed by atoms with Gasteiger partial charge >= 0.3 is 0 Å². The molecule has 0 spiro atoms. The number of nitrogens with one attached hydrogen (secondary N) is 1. The number of pyridine rings is 1. The quantitative estimate of drug-likeness (QED) is 0.705. The SMILES string of the molecule is C=C(C)NCc1ccccn1. The van der Waals surface area contributed by atoms with Gasteiger partial charge in [-0.3, -0.25) is 4.98 Å². The van der Waals surface area contributed by atoms with E-state index in [1.807, 2.05) is 25.1 Å². The molecule has 0 saturated heterocycles. The number of aromatic nitrogens is 1. The Morgan fingerprint density at radius 2 is 2.45 bits per heavy atom. The van der Waals surface area contributed by atoms with E-state index in [9.17, 15) is 0 Å². The van der Waals surface area contributed by atoms with Gasteiger partial charge in [0.25, 0.3) is 0 Å². The average molecular weight is 148 g/mol. The molecule has 0 aromatic carbocycles. The van der Waals surface area contributed by atoms with Gasteiger partial charge in [-0.15, -0.1) is 0 Å². The standard InChI is InChI=1S/C9H12N2/c1-8(2)11-7-9-5-3-4-6-10-9/h3-6,11H,1,7H2,2H3. The van der Waals surface area contributed by atoms with Crippen LogP contribution in [0.4, 0.5) is 0 Å². The molecule has 0 aliphatic heterocycles. The van der Waals surface area contributed by atoms with Crippen molar-refractivity contribution in [2.24, 2.45) is 0 Å². The highest BCUT2D eigenvalue weighted by molar-refractivity contribution is 5.04. The predicted molar refractivity (Wildman–Crippen MR) is 45.9 cm³/mol. The maximum Gasteiger partial charge on any atom is 0.0594 e. The second-order valence-corrected chi connectivity index (χ2v) is 2.45. The van der Waals surface area contributed by atoms with Crippen molar-refractivity contribution < 1.29 is 0 Å². The van der Waals surface area contributed by atoms with Crippen LogP contribution in [0.2, 0.25) is 0 Å². The lowest BCUT2D eigenvalue weighted by Gasteiger charge is -2.02. The van der Waals surface area contributed by atoms with Crippen molar-refractivity contribution in [1.29, 1.82) is 0 Å². The lowest BCUT2D eigenvalue weighted by molar-refractivity contribution is 0.790. The molecule has 0 amide bonds. The largest absolute Gasteiger partial charge is 0.383 e. The van der Waals surface area contributed by atoms with Crippen molar-refractivity contribution in [3.8, 4) is 0 Å². The molecule has 1 aromatic heterocycles. The van der Waals surface area contributed by atoms with Gasteiger partial charge in [0.1, 0.15) is 0 Å². The van der Waals surface area contributed by atoms with Crippen molar-refractivity contribution in [1.82, 2.24) is 10.3 Å². The van der Waals surface area contributed by atoms with Gasteiger partial charge in [-0.25, -0.2) is 0 Å². The van der Waals surface area contributed by atoms with Crippen LogP contribution in [-0.2, 0) is 6.54 Å². The third-order valence-corrected chi connectivity index (χ3v) is 1.30. The molecule has 58 valence electrons. The Morgan fingerprint density at radius 3 is 3.00 bits per heavy atom. The predicted octanol–water partition coefficient (Wildman–Crippen LogP) is 1.70. The van der Waals surface area contributed by atoms with Crippen LogP contribution < -0.4 is 5.32 Å². The van der Waals surface area contributed by atoms with E-state index >= 15 is 0 Å². The number of hydrogen-bond acceptors (Lipinski definition) is 2. The first-order valence-electron chi connectivity index (χ1n) is 3.58. The van der Waals surface area contributed by atoms with E-state index in [1.165, 1.54) is 0 Å². The molecule has 0 radical (unpaired) electrons. The summed E-state index contributed by atoms with van der Waals surface area (Å²) in [5.41, 5.74) is 2.01. The van der Waals surface area contributed by atoms with E-state index in [0.717, 1.165) is 17.9 Å². The molecule has 2 nitrogen and oxygen atoms in total. The minimum atomic E-state index is 0.760. The Hall–Kier alpha value is -1.31. The Balaban J connectivity index is 2.45. The number of nitrogens with zero attached hydrogens (tertiary/aromatic N) is 1. The molecule has 11 heavy (non-hydrogen) atoms. The highest BCUT2D eigenvalue weighted by atomic mass is 14.9. The van der Waals surface area contributed by atoms with Gasteiger partial charge in [0.15, 0.2) is 0 Å². The monoisotopic (exact) mass is 148 g/mol. The third kappa shape index (κ3) is 2.85. The molecule has 1 heterocycles. The van der Waals surface area contributed by atoms with Crippen LogP contribution in [0.3, 0.4) is 0 Å². The number of hydrogen-bond donors (Lipinski definition) is 1. The summed E-state index contributed by atoms with van der Waals surface area (Å²) in [5, 5.41) is 3.10. The minimum Gasteiger partial charge on any atom is -0.383 e. The summed E-state index contributed by atoms with van der Waals surface area (Å²) >= 11 is 0. The number of rotatable bonds is 3. The fourth-order valence-electron chi connectivity index (χ4n) is 0.744. The Kier molecular flexibility index (Phi) is 2.66. The smallest absolute Gasteiger partial charge is 0.0594 e. The average Bonchev–Trinajstić information content (AvgIpc) is 2.03. The van der Waals surface area contributed by atoms with Crippen LogP contribution in [0, 0.1) is 0 Å². The normalized spacial score (nSPS) is 9.18. The van der Waals surface area contributed by atoms with Crippen molar-refractivity contribution in [3.63, 3.8) is 0 Å². The summed E-state index contributed by atoms with van der Waals surface area (Å²) in [6, 6.07) is 5.86.